The molecule has 84 valence electrons. The van der Waals surface area contributed by atoms with Gasteiger partial charge in [0, 0.05) is 6.07 Å². The molecule has 0 unspecified atom stereocenters. The van der Waals surface area contributed by atoms with E-state index < -0.39 is 0 Å². The van der Waals surface area contributed by atoms with Crippen LogP contribution < -0.4 is 15.8 Å². The fourth-order valence-corrected chi connectivity index (χ4v) is 1.26. The lowest BCUT2D eigenvalue weighted by atomic mass is 10.2. The molecular weight excluding hydrogens is 208 g/mol. The summed E-state index contributed by atoms with van der Waals surface area (Å²) in [6.45, 7) is 0.452. The monoisotopic (exact) mass is 220 g/mol. The number of nitrogen functional groups attached to an aromatic ring is 1. The van der Waals surface area contributed by atoms with Crippen LogP contribution in [0.25, 0.3) is 0 Å². The van der Waals surface area contributed by atoms with E-state index in [9.17, 15) is 0 Å². The van der Waals surface area contributed by atoms with E-state index in [1.54, 1.807) is 19.2 Å². The fraction of sp³-hybridized carbons (Fsp3) is 0.200. The van der Waals surface area contributed by atoms with E-state index in [0.29, 0.717) is 18.1 Å². The van der Waals surface area contributed by atoms with Crippen molar-refractivity contribution in [2.45, 2.75) is 6.54 Å². The number of benzene rings is 1. The van der Waals surface area contributed by atoms with Crippen LogP contribution in [0.5, 0.6) is 5.75 Å². The zero-order valence-corrected chi connectivity index (χ0v) is 8.80. The molecule has 0 saturated heterocycles. The van der Waals surface area contributed by atoms with Gasteiger partial charge in [-0.05, 0) is 12.1 Å². The van der Waals surface area contributed by atoms with Crippen LogP contribution in [-0.4, -0.2) is 17.3 Å². The molecule has 0 aliphatic rings. The van der Waals surface area contributed by atoms with Crippen LogP contribution in [0, 0.1) is 0 Å². The first-order valence-corrected chi connectivity index (χ1v) is 4.72. The minimum Gasteiger partial charge on any atom is -0.497 e. The molecule has 0 atom stereocenters. The second-order valence-electron chi connectivity index (χ2n) is 3.15. The molecule has 0 radical (unpaired) electrons. The molecule has 0 fully saturated rings. The van der Waals surface area contributed by atoms with Crippen molar-refractivity contribution in [1.29, 1.82) is 0 Å². The van der Waals surface area contributed by atoms with Crippen LogP contribution in [0.4, 0.5) is 11.4 Å². The number of hydrogen-bond acceptors (Lipinski definition) is 6. The lowest BCUT2D eigenvalue weighted by molar-refractivity contribution is 0.411. The van der Waals surface area contributed by atoms with E-state index >= 15 is 0 Å². The van der Waals surface area contributed by atoms with Crippen molar-refractivity contribution in [3.63, 3.8) is 0 Å². The summed E-state index contributed by atoms with van der Waals surface area (Å²) in [5.41, 5.74) is 7.23. The third-order valence-electron chi connectivity index (χ3n) is 2.10. The lowest BCUT2D eigenvalue weighted by Gasteiger charge is -2.09. The Labute approximate surface area is 92.4 Å². The van der Waals surface area contributed by atoms with Gasteiger partial charge < -0.3 is 20.3 Å². The zero-order chi connectivity index (χ0) is 11.4. The first-order valence-electron chi connectivity index (χ1n) is 4.72. The van der Waals surface area contributed by atoms with Crippen molar-refractivity contribution in [3.05, 3.63) is 30.4 Å². The van der Waals surface area contributed by atoms with Crippen molar-refractivity contribution in [2.24, 2.45) is 0 Å². The third kappa shape index (κ3) is 2.22. The maximum atomic E-state index is 5.80. The van der Waals surface area contributed by atoms with Gasteiger partial charge in [-0.2, -0.15) is 4.98 Å². The van der Waals surface area contributed by atoms with Gasteiger partial charge in [-0.1, -0.05) is 5.16 Å². The topological polar surface area (TPSA) is 86.2 Å². The molecule has 1 aromatic heterocycles. The highest BCUT2D eigenvalue weighted by molar-refractivity contribution is 5.68. The second kappa shape index (κ2) is 4.52. The van der Waals surface area contributed by atoms with Crippen LogP contribution in [0.15, 0.2) is 29.1 Å². The van der Waals surface area contributed by atoms with Gasteiger partial charge in [0.05, 0.1) is 25.0 Å². The Morgan fingerprint density at radius 3 is 3.06 bits per heavy atom. The Balaban J connectivity index is 2.08. The molecule has 6 heteroatoms. The quantitative estimate of drug-likeness (QED) is 0.754. The fourth-order valence-electron chi connectivity index (χ4n) is 1.26. The summed E-state index contributed by atoms with van der Waals surface area (Å²) < 4.78 is 9.72. The Morgan fingerprint density at radius 1 is 1.50 bits per heavy atom. The molecule has 1 aromatic carbocycles. The Kier molecular flexibility index (Phi) is 2.90. The molecule has 2 rings (SSSR count). The highest BCUT2D eigenvalue weighted by Crippen LogP contribution is 2.24. The number of ether oxygens (including phenoxy) is 1. The third-order valence-corrected chi connectivity index (χ3v) is 2.10. The number of aromatic nitrogens is 2. The average molecular weight is 220 g/mol. The summed E-state index contributed by atoms with van der Waals surface area (Å²) in [6, 6.07) is 5.39. The first kappa shape index (κ1) is 10.3. The SMILES string of the molecule is COc1ccc(N)c(NCc2ncon2)c1. The summed E-state index contributed by atoms with van der Waals surface area (Å²) in [4.78, 5) is 3.89. The molecule has 0 amide bonds. The van der Waals surface area contributed by atoms with Gasteiger partial charge in [-0.15, -0.1) is 0 Å². The minimum atomic E-state index is 0.452. The predicted octanol–water partition coefficient (Wildman–Crippen LogP) is 1.27. The number of nitrogens with one attached hydrogen (secondary N) is 1. The molecule has 1 heterocycles. The molecule has 0 saturated carbocycles. The van der Waals surface area contributed by atoms with Gasteiger partial charge in [0.1, 0.15) is 5.75 Å². The van der Waals surface area contributed by atoms with E-state index in [4.69, 9.17) is 10.5 Å². The highest BCUT2D eigenvalue weighted by Gasteiger charge is 2.03. The lowest BCUT2D eigenvalue weighted by Crippen LogP contribution is -2.04. The van der Waals surface area contributed by atoms with Crippen LogP contribution in [-0.2, 0) is 6.54 Å². The van der Waals surface area contributed by atoms with Gasteiger partial charge >= 0.3 is 0 Å². The van der Waals surface area contributed by atoms with Crippen LogP contribution in [0.2, 0.25) is 0 Å². The average Bonchev–Trinajstić information content (AvgIpc) is 2.81. The number of nitrogens with two attached hydrogens (primary N) is 1. The molecule has 0 aliphatic carbocycles. The number of methoxy groups -OCH3 is 1. The maximum Gasteiger partial charge on any atom is 0.213 e. The second-order valence-corrected chi connectivity index (χ2v) is 3.15. The Hall–Kier alpha value is -2.24. The number of hydrogen-bond donors (Lipinski definition) is 2. The summed E-state index contributed by atoms with van der Waals surface area (Å²) >= 11 is 0. The van der Waals surface area contributed by atoms with Crippen LogP contribution >= 0.6 is 0 Å². The van der Waals surface area contributed by atoms with Gasteiger partial charge in [0.25, 0.3) is 0 Å². The van der Waals surface area contributed by atoms with Crippen LogP contribution in [0.1, 0.15) is 5.82 Å². The maximum absolute atomic E-state index is 5.80. The van der Waals surface area contributed by atoms with Crippen molar-refractivity contribution in [2.75, 3.05) is 18.2 Å². The molecule has 2 aromatic rings. The Bertz CT molecular complexity index is 456. The predicted molar refractivity (Wildman–Crippen MR) is 59.0 cm³/mol. The van der Waals surface area contributed by atoms with E-state index in [1.807, 2.05) is 6.07 Å². The molecule has 0 aliphatic heterocycles. The van der Waals surface area contributed by atoms with E-state index in [2.05, 4.69) is 20.0 Å². The smallest absolute Gasteiger partial charge is 0.213 e. The van der Waals surface area contributed by atoms with Gasteiger partial charge in [0.2, 0.25) is 6.39 Å². The molecule has 0 bridgehead atoms. The van der Waals surface area contributed by atoms with Crippen molar-refractivity contribution in [1.82, 2.24) is 10.1 Å². The molecule has 3 N–H and O–H groups in total. The summed E-state index contributed by atoms with van der Waals surface area (Å²) in [5, 5.41) is 6.78. The first-order chi connectivity index (χ1) is 7.79. The summed E-state index contributed by atoms with van der Waals surface area (Å²) in [5.74, 6) is 1.31. The van der Waals surface area contributed by atoms with E-state index in [0.717, 1.165) is 11.4 Å². The summed E-state index contributed by atoms with van der Waals surface area (Å²) in [6.07, 6.45) is 1.28. The zero-order valence-electron chi connectivity index (χ0n) is 8.80. The standard InChI is InChI=1S/C10H12N4O2/c1-15-7-2-3-8(11)9(4-7)12-5-10-13-6-16-14-10/h2-4,6,12H,5,11H2,1H3. The largest absolute Gasteiger partial charge is 0.497 e. The van der Waals surface area contributed by atoms with Gasteiger partial charge in [-0.3, -0.25) is 0 Å². The van der Waals surface area contributed by atoms with E-state index in [-0.39, 0.29) is 0 Å². The minimum absolute atomic E-state index is 0.452. The molecule has 0 spiro atoms. The molecule has 16 heavy (non-hydrogen) atoms. The van der Waals surface area contributed by atoms with Crippen molar-refractivity contribution in [3.8, 4) is 5.75 Å². The molecular formula is C10H12N4O2. The normalized spacial score (nSPS) is 10.1. The summed E-state index contributed by atoms with van der Waals surface area (Å²) in [7, 11) is 1.61. The van der Waals surface area contributed by atoms with Gasteiger partial charge in [0.15, 0.2) is 5.82 Å². The van der Waals surface area contributed by atoms with E-state index in [1.165, 1.54) is 6.39 Å². The number of rotatable bonds is 4. The molecule has 6 nitrogen and oxygen atoms in total. The van der Waals surface area contributed by atoms with Crippen molar-refractivity contribution < 1.29 is 9.26 Å². The van der Waals surface area contributed by atoms with Gasteiger partial charge in [-0.25, -0.2) is 0 Å². The van der Waals surface area contributed by atoms with Crippen LogP contribution in [0.3, 0.4) is 0 Å². The highest BCUT2D eigenvalue weighted by atomic mass is 16.5. The van der Waals surface area contributed by atoms with Crippen molar-refractivity contribution >= 4 is 11.4 Å². The number of nitrogens with zero attached hydrogens (tertiary/aromatic N) is 2. The number of anilines is 2. The Morgan fingerprint density at radius 2 is 2.38 bits per heavy atom.